The molecule has 0 aliphatic rings. The van der Waals surface area contributed by atoms with Gasteiger partial charge in [0.05, 0.1) is 16.6 Å². The monoisotopic (exact) mass is 326 g/mol. The Bertz CT molecular complexity index is 662. The number of carboxylic acid groups (broad SMARTS) is 1. The SMILES string of the molecule is CC(C)Oc1c(C(=O)O)cc(S(C)(=O)=O)cc1C(F)(F)F. The average Bonchev–Trinajstić information content (AvgIpc) is 2.24. The number of hydrogen-bond donors (Lipinski definition) is 1. The summed E-state index contributed by atoms with van der Waals surface area (Å²) in [7, 11) is -4.01. The molecule has 0 aliphatic heterocycles. The molecule has 5 nitrogen and oxygen atoms in total. The highest BCUT2D eigenvalue weighted by molar-refractivity contribution is 7.90. The fraction of sp³-hybridized carbons (Fsp3) is 0.417. The van der Waals surface area contributed by atoms with Crippen molar-refractivity contribution in [1.29, 1.82) is 0 Å². The maximum atomic E-state index is 13.0. The Morgan fingerprint density at radius 2 is 1.81 bits per heavy atom. The Kier molecular flexibility index (Phi) is 4.57. The first-order chi connectivity index (χ1) is 9.34. The molecule has 0 radical (unpaired) electrons. The van der Waals surface area contributed by atoms with E-state index in [1.54, 1.807) is 0 Å². The maximum absolute atomic E-state index is 13.0. The van der Waals surface area contributed by atoms with Crippen LogP contribution in [-0.4, -0.2) is 31.9 Å². The standard InChI is InChI=1S/C12H13F3O5S/c1-6(2)20-10-8(11(16)17)4-7(21(3,18)19)5-9(10)12(13,14)15/h4-6H,1-3H3,(H,16,17). The molecule has 9 heteroatoms. The van der Waals surface area contributed by atoms with Gasteiger partial charge in [0.2, 0.25) is 0 Å². The van der Waals surface area contributed by atoms with Crippen molar-refractivity contribution in [3.63, 3.8) is 0 Å². The Balaban J connectivity index is 3.79. The minimum absolute atomic E-state index is 0.374. The Morgan fingerprint density at radius 3 is 2.14 bits per heavy atom. The number of alkyl halides is 3. The third kappa shape index (κ3) is 4.10. The third-order valence-corrected chi connectivity index (χ3v) is 3.47. The average molecular weight is 326 g/mol. The first kappa shape index (κ1) is 17.3. The number of aromatic carboxylic acids is 1. The van der Waals surface area contributed by atoms with Crippen LogP contribution in [-0.2, 0) is 16.0 Å². The van der Waals surface area contributed by atoms with E-state index in [9.17, 15) is 26.4 Å². The summed E-state index contributed by atoms with van der Waals surface area (Å²) in [5, 5.41) is 9.02. The van der Waals surface area contributed by atoms with Crippen LogP contribution in [0.2, 0.25) is 0 Å². The van der Waals surface area contributed by atoms with Crippen LogP contribution >= 0.6 is 0 Å². The van der Waals surface area contributed by atoms with E-state index in [-0.39, 0.29) is 0 Å². The molecule has 0 aliphatic carbocycles. The molecular weight excluding hydrogens is 313 g/mol. The first-order valence-corrected chi connectivity index (χ1v) is 7.58. The number of ether oxygens (including phenoxy) is 1. The molecule has 1 N–H and O–H groups in total. The predicted molar refractivity (Wildman–Crippen MR) is 67.3 cm³/mol. The summed E-state index contributed by atoms with van der Waals surface area (Å²) in [5.41, 5.74) is -2.28. The molecule has 118 valence electrons. The summed E-state index contributed by atoms with van der Waals surface area (Å²) in [6, 6.07) is 1.03. The van der Waals surface area contributed by atoms with Crippen LogP contribution in [0.25, 0.3) is 0 Å². The fourth-order valence-electron chi connectivity index (χ4n) is 1.55. The van der Waals surface area contributed by atoms with Gasteiger partial charge in [-0.1, -0.05) is 0 Å². The summed E-state index contributed by atoms with van der Waals surface area (Å²) >= 11 is 0. The molecule has 0 amide bonds. The van der Waals surface area contributed by atoms with Crippen molar-refractivity contribution >= 4 is 15.8 Å². The number of halogens is 3. The lowest BCUT2D eigenvalue weighted by Gasteiger charge is -2.19. The van der Waals surface area contributed by atoms with Gasteiger partial charge in [0.25, 0.3) is 0 Å². The molecule has 21 heavy (non-hydrogen) atoms. The van der Waals surface area contributed by atoms with Crippen molar-refractivity contribution in [2.45, 2.75) is 31.0 Å². The van der Waals surface area contributed by atoms with Crippen LogP contribution in [0, 0.1) is 0 Å². The second-order valence-electron chi connectivity index (χ2n) is 4.59. The lowest BCUT2D eigenvalue weighted by atomic mass is 10.1. The van der Waals surface area contributed by atoms with Crippen molar-refractivity contribution in [3.8, 4) is 5.75 Å². The highest BCUT2D eigenvalue weighted by Crippen LogP contribution is 2.40. The first-order valence-electron chi connectivity index (χ1n) is 5.69. The van der Waals surface area contributed by atoms with Gasteiger partial charge >= 0.3 is 12.1 Å². The van der Waals surface area contributed by atoms with Crippen molar-refractivity contribution in [3.05, 3.63) is 23.3 Å². The van der Waals surface area contributed by atoms with Gasteiger partial charge in [0, 0.05) is 6.26 Å². The Hall–Kier alpha value is -1.77. The highest BCUT2D eigenvalue weighted by Gasteiger charge is 2.38. The van der Waals surface area contributed by atoms with Gasteiger partial charge < -0.3 is 9.84 Å². The second kappa shape index (κ2) is 5.55. The van der Waals surface area contributed by atoms with E-state index < -0.39 is 49.9 Å². The molecule has 0 fully saturated rings. The van der Waals surface area contributed by atoms with Gasteiger partial charge in [-0.05, 0) is 26.0 Å². The van der Waals surface area contributed by atoms with Crippen LogP contribution in [0.1, 0.15) is 29.8 Å². The molecule has 0 unspecified atom stereocenters. The summed E-state index contributed by atoms with van der Waals surface area (Å²) < 4.78 is 66.9. The zero-order valence-corrected chi connectivity index (χ0v) is 12.2. The quantitative estimate of drug-likeness (QED) is 0.920. The smallest absolute Gasteiger partial charge is 0.420 e. The van der Waals surface area contributed by atoms with Crippen molar-refractivity contribution in [1.82, 2.24) is 0 Å². The summed E-state index contributed by atoms with van der Waals surface area (Å²) in [6.07, 6.45) is -4.97. The van der Waals surface area contributed by atoms with Gasteiger partial charge in [0.15, 0.2) is 9.84 Å². The number of carbonyl (C=O) groups is 1. The molecule has 1 aromatic carbocycles. The van der Waals surface area contributed by atoms with Crippen LogP contribution in [0.3, 0.4) is 0 Å². The van der Waals surface area contributed by atoms with E-state index in [4.69, 9.17) is 9.84 Å². The van der Waals surface area contributed by atoms with E-state index in [1.807, 2.05) is 0 Å². The van der Waals surface area contributed by atoms with Crippen LogP contribution < -0.4 is 4.74 Å². The Morgan fingerprint density at radius 1 is 1.29 bits per heavy atom. The number of hydrogen-bond acceptors (Lipinski definition) is 4. The van der Waals surface area contributed by atoms with Crippen LogP contribution in [0.15, 0.2) is 17.0 Å². The maximum Gasteiger partial charge on any atom is 0.420 e. The van der Waals surface area contributed by atoms with Crippen LogP contribution in [0.5, 0.6) is 5.75 Å². The van der Waals surface area contributed by atoms with Crippen LogP contribution in [0.4, 0.5) is 13.2 Å². The van der Waals surface area contributed by atoms with Gasteiger partial charge in [0.1, 0.15) is 11.3 Å². The van der Waals surface area contributed by atoms with E-state index in [1.165, 1.54) is 13.8 Å². The lowest BCUT2D eigenvalue weighted by Crippen LogP contribution is -2.17. The lowest BCUT2D eigenvalue weighted by molar-refractivity contribution is -0.139. The number of rotatable bonds is 4. The molecule has 0 heterocycles. The number of carboxylic acids is 1. The van der Waals surface area contributed by atoms with Crippen molar-refractivity contribution in [2.75, 3.05) is 6.26 Å². The minimum atomic E-state index is -4.95. The van der Waals surface area contributed by atoms with E-state index >= 15 is 0 Å². The molecule has 0 saturated carbocycles. The fourth-order valence-corrected chi connectivity index (χ4v) is 2.21. The molecule has 0 spiro atoms. The second-order valence-corrected chi connectivity index (χ2v) is 6.60. The molecule has 1 aromatic rings. The van der Waals surface area contributed by atoms with Gasteiger partial charge in [-0.25, -0.2) is 13.2 Å². The zero-order valence-electron chi connectivity index (χ0n) is 11.4. The summed E-state index contributed by atoms with van der Waals surface area (Å²) in [6.45, 7) is 2.85. The molecule has 0 atom stereocenters. The molecule has 0 saturated heterocycles. The van der Waals surface area contributed by atoms with Crippen molar-refractivity contribution in [2.24, 2.45) is 0 Å². The highest BCUT2D eigenvalue weighted by atomic mass is 32.2. The molecule has 1 rings (SSSR count). The predicted octanol–water partition coefficient (Wildman–Crippen LogP) is 2.59. The van der Waals surface area contributed by atoms with Crippen molar-refractivity contribution < 1.29 is 36.2 Å². The molecule has 0 bridgehead atoms. The van der Waals surface area contributed by atoms with Gasteiger partial charge in [-0.3, -0.25) is 0 Å². The third-order valence-electron chi connectivity index (χ3n) is 2.38. The largest absolute Gasteiger partial charge is 0.489 e. The van der Waals surface area contributed by atoms with E-state index in [0.29, 0.717) is 18.4 Å². The Labute approximate surface area is 119 Å². The summed E-state index contributed by atoms with van der Waals surface area (Å²) in [4.78, 5) is 10.4. The van der Waals surface area contributed by atoms with E-state index in [0.717, 1.165) is 0 Å². The van der Waals surface area contributed by atoms with Gasteiger partial charge in [-0.15, -0.1) is 0 Å². The normalized spacial score (nSPS) is 12.5. The molecular formula is C12H13F3O5S. The number of sulfone groups is 1. The molecule has 0 aromatic heterocycles. The summed E-state index contributed by atoms with van der Waals surface area (Å²) in [5.74, 6) is -2.60. The van der Waals surface area contributed by atoms with E-state index in [2.05, 4.69) is 0 Å². The topological polar surface area (TPSA) is 80.7 Å². The zero-order chi connectivity index (χ0) is 16.6. The minimum Gasteiger partial charge on any atom is -0.489 e. The number of benzene rings is 1. The van der Waals surface area contributed by atoms with Gasteiger partial charge in [-0.2, -0.15) is 13.2 Å².